The molecule has 0 N–H and O–H groups in total. The molecule has 0 atom stereocenters. The van der Waals surface area contributed by atoms with Crippen LogP contribution in [0.3, 0.4) is 0 Å². The van der Waals surface area contributed by atoms with E-state index in [0.717, 1.165) is 5.56 Å². The van der Waals surface area contributed by atoms with E-state index in [9.17, 15) is 9.59 Å². The van der Waals surface area contributed by atoms with E-state index in [1.165, 1.54) is 0 Å². The molecule has 29 heavy (non-hydrogen) atoms. The summed E-state index contributed by atoms with van der Waals surface area (Å²) in [6.45, 7) is 6.26. The van der Waals surface area contributed by atoms with Gasteiger partial charge in [0, 0.05) is 25.3 Å². The third kappa shape index (κ3) is 7.95. The average molecular weight is 399 g/mol. The zero-order valence-electron chi connectivity index (χ0n) is 17.1. The van der Waals surface area contributed by atoms with Gasteiger partial charge in [0.15, 0.2) is 0 Å². The molecule has 2 aromatic rings. The second-order valence-corrected chi connectivity index (χ2v) is 6.34. The van der Waals surface area contributed by atoms with Gasteiger partial charge in [-0.1, -0.05) is 36.4 Å². The topological polar surface area (TPSA) is 65.1 Å². The van der Waals surface area contributed by atoms with Gasteiger partial charge in [-0.2, -0.15) is 0 Å². The summed E-state index contributed by atoms with van der Waals surface area (Å²) in [5.74, 6) is 0.139. The van der Waals surface area contributed by atoms with Gasteiger partial charge in [0.1, 0.15) is 12.4 Å². The maximum absolute atomic E-state index is 13.1. The summed E-state index contributed by atoms with van der Waals surface area (Å²) in [5, 5.41) is 0. The largest absolute Gasteiger partial charge is 0.491 e. The summed E-state index contributed by atoms with van der Waals surface area (Å²) < 4.78 is 15.9. The van der Waals surface area contributed by atoms with Crippen molar-refractivity contribution < 1.29 is 23.8 Å². The van der Waals surface area contributed by atoms with Crippen LogP contribution in [-0.2, 0) is 20.8 Å². The molecule has 6 heteroatoms. The molecule has 0 aromatic heterocycles. The lowest BCUT2D eigenvalue weighted by atomic mass is 10.1. The van der Waals surface area contributed by atoms with Gasteiger partial charge in [-0.05, 0) is 37.6 Å². The third-order valence-electron chi connectivity index (χ3n) is 4.18. The van der Waals surface area contributed by atoms with Crippen LogP contribution >= 0.6 is 0 Å². The maximum atomic E-state index is 13.1. The highest BCUT2D eigenvalue weighted by Gasteiger charge is 2.18. The first kappa shape index (κ1) is 22.4. The van der Waals surface area contributed by atoms with Gasteiger partial charge >= 0.3 is 5.97 Å². The molecular formula is C23H29NO5. The van der Waals surface area contributed by atoms with Gasteiger partial charge in [0.2, 0.25) is 0 Å². The quantitative estimate of drug-likeness (QED) is 0.402. The van der Waals surface area contributed by atoms with Crippen LogP contribution in [0.5, 0.6) is 5.75 Å². The number of carbonyl (C=O) groups is 2. The molecular weight excluding hydrogens is 370 g/mol. The minimum Gasteiger partial charge on any atom is -0.491 e. The number of carbonyl (C=O) groups excluding carboxylic acids is 2. The first-order valence-corrected chi connectivity index (χ1v) is 9.93. The number of nitrogens with zero attached hydrogens (tertiary/aromatic N) is 1. The lowest BCUT2D eigenvalue weighted by molar-refractivity contribution is -0.143. The minimum absolute atomic E-state index is 0.150. The fourth-order valence-corrected chi connectivity index (χ4v) is 2.78. The number of hydrogen-bond acceptors (Lipinski definition) is 5. The first-order chi connectivity index (χ1) is 14.1. The van der Waals surface area contributed by atoms with E-state index in [2.05, 4.69) is 0 Å². The highest BCUT2D eigenvalue weighted by molar-refractivity contribution is 5.94. The predicted octanol–water partition coefficient (Wildman–Crippen LogP) is 3.70. The molecule has 0 saturated heterocycles. The van der Waals surface area contributed by atoms with E-state index in [4.69, 9.17) is 14.2 Å². The third-order valence-corrected chi connectivity index (χ3v) is 4.18. The summed E-state index contributed by atoms with van der Waals surface area (Å²) in [5.41, 5.74) is 1.51. The van der Waals surface area contributed by atoms with E-state index in [1.807, 2.05) is 43.3 Å². The van der Waals surface area contributed by atoms with Crippen molar-refractivity contribution in [1.29, 1.82) is 0 Å². The molecule has 2 rings (SSSR count). The lowest BCUT2D eigenvalue weighted by Gasteiger charge is -2.23. The van der Waals surface area contributed by atoms with Crippen molar-refractivity contribution in [3.63, 3.8) is 0 Å². The molecule has 0 spiro atoms. The molecule has 2 aromatic carbocycles. The Labute approximate surface area is 172 Å². The van der Waals surface area contributed by atoms with Gasteiger partial charge < -0.3 is 19.1 Å². The zero-order chi connectivity index (χ0) is 20.9. The van der Waals surface area contributed by atoms with Crippen molar-refractivity contribution in [2.45, 2.75) is 26.8 Å². The second-order valence-electron chi connectivity index (χ2n) is 6.34. The van der Waals surface area contributed by atoms with Crippen molar-refractivity contribution in [3.8, 4) is 5.75 Å². The Balaban J connectivity index is 2.09. The minimum atomic E-state index is -0.314. The first-order valence-electron chi connectivity index (χ1n) is 9.93. The molecule has 156 valence electrons. The average Bonchev–Trinajstić information content (AvgIpc) is 2.75. The Morgan fingerprint density at radius 3 is 2.45 bits per heavy atom. The number of benzene rings is 2. The Kier molecular flexibility index (Phi) is 9.72. The molecule has 1 amide bonds. The van der Waals surface area contributed by atoms with Crippen molar-refractivity contribution >= 4 is 11.9 Å². The van der Waals surface area contributed by atoms with E-state index in [-0.39, 0.29) is 24.8 Å². The summed E-state index contributed by atoms with van der Waals surface area (Å²) in [6, 6.07) is 16.8. The Hall–Kier alpha value is -2.86. The summed E-state index contributed by atoms with van der Waals surface area (Å²) in [6.07, 6.45) is 0.150. The SMILES string of the molecule is CCOCCOc1cccc(C(=O)N(CCC(=O)OCC)Cc2ccccc2)c1. The zero-order valence-corrected chi connectivity index (χ0v) is 17.1. The molecule has 0 heterocycles. The molecule has 6 nitrogen and oxygen atoms in total. The van der Waals surface area contributed by atoms with Crippen LogP contribution in [0.15, 0.2) is 54.6 Å². The van der Waals surface area contributed by atoms with Gasteiger partial charge in [0.05, 0.1) is 19.6 Å². The van der Waals surface area contributed by atoms with Crippen molar-refractivity contribution in [2.24, 2.45) is 0 Å². The summed E-state index contributed by atoms with van der Waals surface area (Å²) in [7, 11) is 0. The van der Waals surface area contributed by atoms with E-state index in [1.54, 1.807) is 30.0 Å². The predicted molar refractivity (Wildman–Crippen MR) is 111 cm³/mol. The maximum Gasteiger partial charge on any atom is 0.307 e. The second kappa shape index (κ2) is 12.6. The fourth-order valence-electron chi connectivity index (χ4n) is 2.78. The smallest absolute Gasteiger partial charge is 0.307 e. The molecule has 0 unspecified atom stereocenters. The standard InChI is InChI=1S/C23H29NO5/c1-3-27-15-16-29-21-12-8-11-20(17-21)23(26)24(14-13-22(25)28-4-2)18-19-9-6-5-7-10-19/h5-12,17H,3-4,13-16,18H2,1-2H3. The summed E-state index contributed by atoms with van der Waals surface area (Å²) in [4.78, 5) is 26.6. The van der Waals surface area contributed by atoms with Crippen LogP contribution in [-0.4, -0.2) is 49.7 Å². The van der Waals surface area contributed by atoms with Gasteiger partial charge in [-0.15, -0.1) is 0 Å². The number of hydrogen-bond donors (Lipinski definition) is 0. The van der Waals surface area contributed by atoms with Crippen LogP contribution in [0.25, 0.3) is 0 Å². The number of rotatable bonds is 12. The Bertz CT molecular complexity index is 763. The molecule has 0 aliphatic carbocycles. The van der Waals surface area contributed by atoms with Crippen LogP contribution in [0, 0.1) is 0 Å². The molecule has 0 fully saturated rings. The van der Waals surface area contributed by atoms with Gasteiger partial charge in [-0.25, -0.2) is 0 Å². The number of ether oxygens (including phenoxy) is 3. The molecule has 0 aliphatic heterocycles. The van der Waals surface area contributed by atoms with Crippen LogP contribution in [0.2, 0.25) is 0 Å². The molecule has 0 bridgehead atoms. The number of amides is 1. The monoisotopic (exact) mass is 399 g/mol. The van der Waals surface area contributed by atoms with E-state index >= 15 is 0 Å². The van der Waals surface area contributed by atoms with Gasteiger partial charge in [-0.3, -0.25) is 9.59 Å². The van der Waals surface area contributed by atoms with Crippen LogP contribution in [0.4, 0.5) is 0 Å². The normalized spacial score (nSPS) is 10.4. The molecule has 0 saturated carbocycles. The van der Waals surface area contributed by atoms with E-state index in [0.29, 0.717) is 44.3 Å². The highest BCUT2D eigenvalue weighted by Crippen LogP contribution is 2.17. The van der Waals surface area contributed by atoms with Crippen molar-refractivity contribution in [3.05, 3.63) is 65.7 Å². The Morgan fingerprint density at radius 1 is 0.931 bits per heavy atom. The highest BCUT2D eigenvalue weighted by atomic mass is 16.5. The summed E-state index contributed by atoms with van der Waals surface area (Å²) >= 11 is 0. The molecule has 0 aliphatic rings. The van der Waals surface area contributed by atoms with Crippen LogP contribution < -0.4 is 4.74 Å². The fraction of sp³-hybridized carbons (Fsp3) is 0.391. The molecule has 0 radical (unpaired) electrons. The van der Waals surface area contributed by atoms with Gasteiger partial charge in [0.25, 0.3) is 5.91 Å². The Morgan fingerprint density at radius 2 is 1.72 bits per heavy atom. The van der Waals surface area contributed by atoms with E-state index < -0.39 is 0 Å². The van der Waals surface area contributed by atoms with Crippen LogP contribution in [0.1, 0.15) is 36.2 Å². The van der Waals surface area contributed by atoms with Crippen molar-refractivity contribution in [1.82, 2.24) is 4.90 Å². The number of esters is 1. The lowest BCUT2D eigenvalue weighted by Crippen LogP contribution is -2.33. The van der Waals surface area contributed by atoms with Crippen molar-refractivity contribution in [2.75, 3.05) is 33.0 Å².